The smallest absolute Gasteiger partial charge is 0.373 e. The summed E-state index contributed by atoms with van der Waals surface area (Å²) in [6.07, 6.45) is 0.0462. The Morgan fingerprint density at radius 2 is 2.25 bits per heavy atom. The quantitative estimate of drug-likeness (QED) is 0.547. The van der Waals surface area contributed by atoms with Crippen LogP contribution < -0.4 is 5.32 Å². The van der Waals surface area contributed by atoms with E-state index in [0.29, 0.717) is 18.8 Å². The van der Waals surface area contributed by atoms with Gasteiger partial charge in [-0.15, -0.1) is 0 Å². The summed E-state index contributed by atoms with van der Waals surface area (Å²) in [5.74, 6) is -0.692. The van der Waals surface area contributed by atoms with Crippen LogP contribution in [-0.2, 0) is 16.1 Å². The number of methoxy groups -OCH3 is 1. The summed E-state index contributed by atoms with van der Waals surface area (Å²) in [5.41, 5.74) is 0. The van der Waals surface area contributed by atoms with Gasteiger partial charge in [-0.25, -0.2) is 4.79 Å². The maximum atomic E-state index is 11.0. The molecule has 0 amide bonds. The Hall–Kier alpha value is -1.82. The first-order valence-electron chi connectivity index (χ1n) is 4.73. The summed E-state index contributed by atoms with van der Waals surface area (Å²) in [7, 11) is 1.27. The van der Waals surface area contributed by atoms with Gasteiger partial charge in [-0.3, -0.25) is 4.79 Å². The first-order chi connectivity index (χ1) is 7.63. The molecule has 0 fully saturated rings. The highest BCUT2D eigenvalue weighted by atomic mass is 16.5. The molecule has 1 aromatic rings. The average molecular weight is 227 g/mol. The second-order valence-corrected chi connectivity index (χ2v) is 3.08. The zero-order valence-electron chi connectivity index (χ0n) is 8.86. The second-order valence-electron chi connectivity index (χ2n) is 3.08. The number of rotatable bonds is 6. The lowest BCUT2D eigenvalue weighted by atomic mass is 10.4. The van der Waals surface area contributed by atoms with Crippen LogP contribution in [0, 0.1) is 0 Å². The first kappa shape index (κ1) is 12.3. The summed E-state index contributed by atoms with van der Waals surface area (Å²) in [6, 6.07) is 3.15. The molecule has 0 saturated heterocycles. The molecule has 1 rings (SSSR count). The minimum absolute atomic E-state index is 0.0462. The van der Waals surface area contributed by atoms with Crippen LogP contribution in [0.15, 0.2) is 16.5 Å². The highest BCUT2D eigenvalue weighted by molar-refractivity contribution is 5.86. The molecular formula is C10H13NO5. The van der Waals surface area contributed by atoms with Crippen molar-refractivity contribution in [2.75, 3.05) is 13.7 Å². The zero-order chi connectivity index (χ0) is 12.0. The number of carboxylic acid groups (broad SMARTS) is 1. The van der Waals surface area contributed by atoms with Crippen LogP contribution in [-0.4, -0.2) is 30.7 Å². The molecule has 0 bridgehead atoms. The molecule has 0 unspecified atom stereocenters. The number of furan rings is 1. The lowest BCUT2D eigenvalue weighted by molar-refractivity contribution is -0.136. The van der Waals surface area contributed by atoms with Crippen LogP contribution in [0.2, 0.25) is 0 Å². The van der Waals surface area contributed by atoms with Crippen LogP contribution in [0.4, 0.5) is 0 Å². The van der Waals surface area contributed by atoms with E-state index in [9.17, 15) is 9.59 Å². The SMILES string of the molecule is COC(=O)c1ccc(CNCCC(=O)O)o1. The lowest BCUT2D eigenvalue weighted by Gasteiger charge is -1.99. The monoisotopic (exact) mass is 227 g/mol. The maximum absolute atomic E-state index is 11.0. The van der Waals surface area contributed by atoms with Crippen LogP contribution in [0.25, 0.3) is 0 Å². The first-order valence-corrected chi connectivity index (χ1v) is 4.73. The van der Waals surface area contributed by atoms with Gasteiger partial charge in [0, 0.05) is 6.54 Å². The van der Waals surface area contributed by atoms with E-state index in [-0.39, 0.29) is 12.2 Å². The molecule has 0 aliphatic carbocycles. The average Bonchev–Trinajstić information content (AvgIpc) is 2.71. The number of esters is 1. The molecular weight excluding hydrogens is 214 g/mol. The third-order valence-corrected chi connectivity index (χ3v) is 1.86. The van der Waals surface area contributed by atoms with Crippen molar-refractivity contribution in [3.8, 4) is 0 Å². The molecule has 1 aromatic heterocycles. The van der Waals surface area contributed by atoms with Gasteiger partial charge < -0.3 is 19.6 Å². The fourth-order valence-corrected chi connectivity index (χ4v) is 1.09. The predicted octanol–water partition coefficient (Wildman–Crippen LogP) is 0.631. The number of carbonyl (C=O) groups is 2. The van der Waals surface area contributed by atoms with Gasteiger partial charge in [0.1, 0.15) is 5.76 Å². The van der Waals surface area contributed by atoms with Gasteiger partial charge in [-0.1, -0.05) is 0 Å². The van der Waals surface area contributed by atoms with Crippen molar-refractivity contribution < 1.29 is 23.8 Å². The Morgan fingerprint density at radius 1 is 1.50 bits per heavy atom. The second kappa shape index (κ2) is 5.92. The fraction of sp³-hybridized carbons (Fsp3) is 0.400. The maximum Gasteiger partial charge on any atom is 0.373 e. The van der Waals surface area contributed by atoms with Crippen molar-refractivity contribution in [2.24, 2.45) is 0 Å². The molecule has 2 N–H and O–H groups in total. The Labute approximate surface area is 92.2 Å². The van der Waals surface area contributed by atoms with E-state index in [1.807, 2.05) is 0 Å². The van der Waals surface area contributed by atoms with Gasteiger partial charge in [0.2, 0.25) is 5.76 Å². The van der Waals surface area contributed by atoms with Crippen LogP contribution >= 0.6 is 0 Å². The summed E-state index contributed by atoms with van der Waals surface area (Å²) in [5, 5.41) is 11.3. The molecule has 0 saturated carbocycles. The van der Waals surface area contributed by atoms with E-state index in [1.54, 1.807) is 6.07 Å². The number of aliphatic carboxylic acids is 1. The third-order valence-electron chi connectivity index (χ3n) is 1.86. The molecule has 0 atom stereocenters. The minimum atomic E-state index is -0.859. The molecule has 0 spiro atoms. The van der Waals surface area contributed by atoms with Crippen molar-refractivity contribution >= 4 is 11.9 Å². The number of carbonyl (C=O) groups excluding carboxylic acids is 1. The lowest BCUT2D eigenvalue weighted by Crippen LogP contribution is -2.17. The van der Waals surface area contributed by atoms with Gasteiger partial charge in [0.15, 0.2) is 0 Å². The molecule has 88 valence electrons. The normalized spacial score (nSPS) is 10.1. The van der Waals surface area contributed by atoms with Crippen molar-refractivity contribution in [1.82, 2.24) is 5.32 Å². The van der Waals surface area contributed by atoms with Gasteiger partial charge in [-0.2, -0.15) is 0 Å². The van der Waals surface area contributed by atoms with Gasteiger partial charge in [0.05, 0.1) is 20.1 Å². The molecule has 1 heterocycles. The van der Waals surface area contributed by atoms with Crippen molar-refractivity contribution in [2.45, 2.75) is 13.0 Å². The fourth-order valence-electron chi connectivity index (χ4n) is 1.09. The zero-order valence-corrected chi connectivity index (χ0v) is 8.86. The van der Waals surface area contributed by atoms with E-state index >= 15 is 0 Å². The number of hydrogen-bond acceptors (Lipinski definition) is 5. The summed E-state index contributed by atoms with van der Waals surface area (Å²) in [6.45, 7) is 0.730. The Kier molecular flexibility index (Phi) is 4.53. The molecule has 6 heteroatoms. The van der Waals surface area contributed by atoms with E-state index in [2.05, 4.69) is 10.1 Å². The van der Waals surface area contributed by atoms with Gasteiger partial charge in [-0.05, 0) is 12.1 Å². The van der Waals surface area contributed by atoms with Gasteiger partial charge >= 0.3 is 11.9 Å². The molecule has 6 nitrogen and oxygen atoms in total. The van der Waals surface area contributed by atoms with Crippen LogP contribution in [0.1, 0.15) is 22.7 Å². The number of ether oxygens (including phenoxy) is 1. The van der Waals surface area contributed by atoms with E-state index < -0.39 is 11.9 Å². The number of hydrogen-bond donors (Lipinski definition) is 2. The largest absolute Gasteiger partial charge is 0.481 e. The van der Waals surface area contributed by atoms with Crippen LogP contribution in [0.5, 0.6) is 0 Å². The highest BCUT2D eigenvalue weighted by Crippen LogP contribution is 2.08. The van der Waals surface area contributed by atoms with E-state index in [4.69, 9.17) is 9.52 Å². The molecule has 16 heavy (non-hydrogen) atoms. The molecule has 0 aliphatic heterocycles. The van der Waals surface area contributed by atoms with Crippen molar-refractivity contribution in [1.29, 1.82) is 0 Å². The summed E-state index contributed by atoms with van der Waals surface area (Å²) < 4.78 is 9.63. The number of nitrogens with one attached hydrogen (secondary N) is 1. The van der Waals surface area contributed by atoms with Crippen molar-refractivity contribution in [3.05, 3.63) is 23.7 Å². The number of carboxylic acids is 1. The third kappa shape index (κ3) is 3.74. The molecule has 0 aliphatic rings. The topological polar surface area (TPSA) is 88.8 Å². The highest BCUT2D eigenvalue weighted by Gasteiger charge is 2.10. The standard InChI is InChI=1S/C10H13NO5/c1-15-10(14)8-3-2-7(16-8)6-11-5-4-9(12)13/h2-3,11H,4-6H2,1H3,(H,12,13). The van der Waals surface area contributed by atoms with Crippen molar-refractivity contribution in [3.63, 3.8) is 0 Å². The van der Waals surface area contributed by atoms with E-state index in [0.717, 1.165) is 0 Å². The minimum Gasteiger partial charge on any atom is -0.481 e. The molecule has 0 aromatic carbocycles. The summed E-state index contributed by atoms with van der Waals surface area (Å²) in [4.78, 5) is 21.3. The van der Waals surface area contributed by atoms with Gasteiger partial charge in [0.25, 0.3) is 0 Å². The summed E-state index contributed by atoms with van der Waals surface area (Å²) >= 11 is 0. The van der Waals surface area contributed by atoms with Crippen LogP contribution in [0.3, 0.4) is 0 Å². The van der Waals surface area contributed by atoms with E-state index in [1.165, 1.54) is 13.2 Å². The Bertz CT molecular complexity index is 371. The molecule has 0 radical (unpaired) electrons. The predicted molar refractivity (Wildman–Crippen MR) is 54.0 cm³/mol. The Balaban J connectivity index is 2.35. The Morgan fingerprint density at radius 3 is 2.88 bits per heavy atom.